The molecule has 1 atom stereocenters. The maximum absolute atomic E-state index is 9.81. The van der Waals surface area contributed by atoms with E-state index in [-0.39, 0.29) is 0 Å². The predicted octanol–water partition coefficient (Wildman–Crippen LogP) is 1.37. The van der Waals surface area contributed by atoms with Crippen LogP contribution in [0, 0.1) is 11.8 Å². The largest absolute Gasteiger partial charge is 0.467 e. The Morgan fingerprint density at radius 1 is 1.70 bits per heavy atom. The average molecular weight is 140 g/mol. The van der Waals surface area contributed by atoms with Gasteiger partial charge < -0.3 is 4.74 Å². The summed E-state index contributed by atoms with van der Waals surface area (Å²) in [5, 5.41) is 0. The molecule has 0 amide bonds. The van der Waals surface area contributed by atoms with Gasteiger partial charge in [0.15, 0.2) is 0 Å². The molecule has 0 aromatic carbocycles. The third kappa shape index (κ3) is 1.87. The summed E-state index contributed by atoms with van der Waals surface area (Å²) in [6, 6.07) is 0. The second-order valence-corrected chi connectivity index (χ2v) is 2.67. The fourth-order valence-electron chi connectivity index (χ4n) is 1.07. The quantitative estimate of drug-likeness (QED) is 0.426. The SMILES string of the molecule is C=CC(COC=O)C1CC1. The molecule has 0 aromatic heterocycles. The first kappa shape index (κ1) is 7.32. The number of carbonyl (C=O) groups is 1. The lowest BCUT2D eigenvalue weighted by atomic mass is 10.1. The number of rotatable bonds is 5. The molecule has 1 unspecified atom stereocenters. The van der Waals surface area contributed by atoms with E-state index >= 15 is 0 Å². The Morgan fingerprint density at radius 2 is 2.40 bits per heavy atom. The first-order valence-electron chi connectivity index (χ1n) is 3.56. The third-order valence-corrected chi connectivity index (χ3v) is 1.89. The lowest BCUT2D eigenvalue weighted by Crippen LogP contribution is -2.07. The van der Waals surface area contributed by atoms with Gasteiger partial charge in [-0.2, -0.15) is 0 Å². The number of hydrogen-bond donors (Lipinski definition) is 0. The van der Waals surface area contributed by atoms with Crippen LogP contribution in [0.25, 0.3) is 0 Å². The summed E-state index contributed by atoms with van der Waals surface area (Å²) in [7, 11) is 0. The second kappa shape index (κ2) is 3.40. The topological polar surface area (TPSA) is 26.3 Å². The standard InChI is InChI=1S/C8H12O2/c1-2-7(5-10-6-9)8-3-4-8/h2,6-8H,1,3-5H2. The van der Waals surface area contributed by atoms with Crippen molar-refractivity contribution in [3.05, 3.63) is 12.7 Å². The van der Waals surface area contributed by atoms with Crippen LogP contribution < -0.4 is 0 Å². The molecule has 1 aliphatic rings. The van der Waals surface area contributed by atoms with E-state index in [1.807, 2.05) is 6.08 Å². The lowest BCUT2D eigenvalue weighted by Gasteiger charge is -2.07. The van der Waals surface area contributed by atoms with Crippen LogP contribution in [0.3, 0.4) is 0 Å². The Labute approximate surface area is 60.9 Å². The highest BCUT2D eigenvalue weighted by molar-refractivity contribution is 5.37. The molecule has 2 nitrogen and oxygen atoms in total. The zero-order chi connectivity index (χ0) is 7.40. The van der Waals surface area contributed by atoms with Crippen molar-refractivity contribution in [1.82, 2.24) is 0 Å². The summed E-state index contributed by atoms with van der Waals surface area (Å²) >= 11 is 0. The number of hydrogen-bond acceptors (Lipinski definition) is 2. The molecule has 10 heavy (non-hydrogen) atoms. The number of ether oxygens (including phenoxy) is 1. The maximum Gasteiger partial charge on any atom is 0.293 e. The molecule has 0 radical (unpaired) electrons. The zero-order valence-electron chi connectivity index (χ0n) is 5.95. The Balaban J connectivity index is 2.18. The minimum Gasteiger partial charge on any atom is -0.467 e. The summed E-state index contributed by atoms with van der Waals surface area (Å²) in [5.41, 5.74) is 0. The minimum atomic E-state index is 0.394. The van der Waals surface area contributed by atoms with Crippen LogP contribution in [0.2, 0.25) is 0 Å². The van der Waals surface area contributed by atoms with Gasteiger partial charge in [-0.1, -0.05) is 6.08 Å². The Kier molecular flexibility index (Phi) is 2.49. The van der Waals surface area contributed by atoms with E-state index in [4.69, 9.17) is 0 Å². The minimum absolute atomic E-state index is 0.394. The Bertz CT molecular complexity index is 127. The predicted molar refractivity (Wildman–Crippen MR) is 38.4 cm³/mol. The molecule has 0 spiro atoms. The van der Waals surface area contributed by atoms with Crippen LogP contribution in [0.1, 0.15) is 12.8 Å². The summed E-state index contributed by atoms with van der Waals surface area (Å²) in [5.74, 6) is 1.13. The second-order valence-electron chi connectivity index (χ2n) is 2.67. The zero-order valence-corrected chi connectivity index (χ0v) is 5.95. The normalized spacial score (nSPS) is 19.6. The summed E-state index contributed by atoms with van der Waals surface area (Å²) < 4.78 is 4.64. The smallest absolute Gasteiger partial charge is 0.293 e. The molecule has 0 bridgehead atoms. The van der Waals surface area contributed by atoms with Crippen LogP contribution in [0.15, 0.2) is 12.7 Å². The van der Waals surface area contributed by atoms with Gasteiger partial charge in [-0.15, -0.1) is 6.58 Å². The Hall–Kier alpha value is -0.790. The molecular weight excluding hydrogens is 128 g/mol. The van der Waals surface area contributed by atoms with Crippen molar-refractivity contribution in [3.8, 4) is 0 Å². The van der Waals surface area contributed by atoms with Crippen LogP contribution >= 0.6 is 0 Å². The summed E-state index contributed by atoms with van der Waals surface area (Å²) in [4.78, 5) is 9.81. The van der Waals surface area contributed by atoms with E-state index in [1.165, 1.54) is 12.8 Å². The van der Waals surface area contributed by atoms with Gasteiger partial charge in [-0.25, -0.2) is 0 Å². The van der Waals surface area contributed by atoms with E-state index in [0.717, 1.165) is 5.92 Å². The third-order valence-electron chi connectivity index (χ3n) is 1.89. The highest BCUT2D eigenvalue weighted by Gasteiger charge is 2.29. The van der Waals surface area contributed by atoms with E-state index in [0.29, 0.717) is 19.0 Å². The van der Waals surface area contributed by atoms with Crippen molar-refractivity contribution >= 4 is 6.47 Å². The summed E-state index contributed by atoms with van der Waals surface area (Å²) in [6.07, 6.45) is 4.40. The van der Waals surface area contributed by atoms with E-state index in [9.17, 15) is 4.79 Å². The van der Waals surface area contributed by atoms with Gasteiger partial charge in [-0.3, -0.25) is 4.79 Å². The lowest BCUT2D eigenvalue weighted by molar-refractivity contribution is -0.129. The molecule has 0 saturated heterocycles. The molecule has 2 heteroatoms. The molecule has 1 fully saturated rings. The average Bonchev–Trinajstić information content (AvgIpc) is 2.73. The fraction of sp³-hybridized carbons (Fsp3) is 0.625. The van der Waals surface area contributed by atoms with Crippen LogP contribution in [-0.4, -0.2) is 13.1 Å². The van der Waals surface area contributed by atoms with Gasteiger partial charge in [0.25, 0.3) is 6.47 Å². The monoisotopic (exact) mass is 140 g/mol. The van der Waals surface area contributed by atoms with Gasteiger partial charge in [0.05, 0.1) is 6.61 Å². The Morgan fingerprint density at radius 3 is 2.80 bits per heavy atom. The van der Waals surface area contributed by atoms with Crippen molar-refractivity contribution in [1.29, 1.82) is 0 Å². The van der Waals surface area contributed by atoms with Gasteiger partial charge in [0.1, 0.15) is 0 Å². The number of carbonyl (C=O) groups excluding carboxylic acids is 1. The molecule has 56 valence electrons. The molecule has 0 N–H and O–H groups in total. The van der Waals surface area contributed by atoms with E-state index in [1.54, 1.807) is 0 Å². The van der Waals surface area contributed by atoms with Gasteiger partial charge in [-0.05, 0) is 18.8 Å². The van der Waals surface area contributed by atoms with Crippen molar-refractivity contribution in [2.75, 3.05) is 6.61 Å². The first-order valence-corrected chi connectivity index (χ1v) is 3.56. The van der Waals surface area contributed by atoms with Gasteiger partial charge >= 0.3 is 0 Å². The van der Waals surface area contributed by atoms with E-state index in [2.05, 4.69) is 11.3 Å². The van der Waals surface area contributed by atoms with Crippen LogP contribution in [0.5, 0.6) is 0 Å². The van der Waals surface area contributed by atoms with Crippen molar-refractivity contribution in [2.24, 2.45) is 11.8 Å². The fourth-order valence-corrected chi connectivity index (χ4v) is 1.07. The van der Waals surface area contributed by atoms with Crippen molar-refractivity contribution < 1.29 is 9.53 Å². The molecular formula is C8H12O2. The van der Waals surface area contributed by atoms with Gasteiger partial charge in [0, 0.05) is 5.92 Å². The molecule has 1 saturated carbocycles. The molecule has 0 aliphatic heterocycles. The molecule has 1 rings (SSSR count). The molecule has 1 aliphatic carbocycles. The van der Waals surface area contributed by atoms with Gasteiger partial charge in [0.2, 0.25) is 0 Å². The highest BCUT2D eigenvalue weighted by atomic mass is 16.5. The highest BCUT2D eigenvalue weighted by Crippen LogP contribution is 2.37. The molecule has 0 heterocycles. The van der Waals surface area contributed by atoms with Crippen LogP contribution in [0.4, 0.5) is 0 Å². The van der Waals surface area contributed by atoms with E-state index < -0.39 is 0 Å². The van der Waals surface area contributed by atoms with Crippen LogP contribution in [-0.2, 0) is 9.53 Å². The van der Waals surface area contributed by atoms with Crippen molar-refractivity contribution in [3.63, 3.8) is 0 Å². The maximum atomic E-state index is 9.81. The summed E-state index contributed by atoms with van der Waals surface area (Å²) in [6.45, 7) is 4.69. The molecule has 0 aromatic rings. The first-order chi connectivity index (χ1) is 4.88. The van der Waals surface area contributed by atoms with Crippen molar-refractivity contribution in [2.45, 2.75) is 12.8 Å².